The molecule has 1 aliphatic heterocycles. The maximum Gasteiger partial charge on any atom is 0.0743 e. The number of hydrogen-bond donors (Lipinski definition) is 1. The highest BCUT2D eigenvalue weighted by Crippen LogP contribution is 2.24. The lowest BCUT2D eigenvalue weighted by molar-refractivity contribution is 0.406. The molecule has 0 bridgehead atoms. The third-order valence-electron chi connectivity index (χ3n) is 2.54. The van der Waals surface area contributed by atoms with E-state index in [2.05, 4.69) is 26.1 Å². The van der Waals surface area contributed by atoms with E-state index in [9.17, 15) is 0 Å². The highest BCUT2D eigenvalue weighted by atomic mass is 15.1. The molecule has 0 spiro atoms. The smallest absolute Gasteiger partial charge is 0.0743 e. The van der Waals surface area contributed by atoms with Crippen molar-refractivity contribution in [2.45, 2.75) is 33.0 Å². The Balaban J connectivity index is 2.54. The SMILES string of the molecule is CC1[N]C(N)C(C)C1C. The van der Waals surface area contributed by atoms with Gasteiger partial charge < -0.3 is 5.73 Å². The Bertz CT molecular complexity index is 91.1. The van der Waals surface area contributed by atoms with Crippen molar-refractivity contribution in [2.24, 2.45) is 17.6 Å². The molecule has 0 aromatic rings. The maximum absolute atomic E-state index is 5.69. The normalized spacial score (nSPS) is 52.0. The maximum atomic E-state index is 5.69. The van der Waals surface area contributed by atoms with Gasteiger partial charge >= 0.3 is 0 Å². The number of hydrogen-bond acceptors (Lipinski definition) is 1. The minimum Gasteiger partial charge on any atom is -0.314 e. The van der Waals surface area contributed by atoms with Crippen LogP contribution >= 0.6 is 0 Å². The molecule has 9 heavy (non-hydrogen) atoms. The molecular formula is C7H15N2. The van der Waals surface area contributed by atoms with Gasteiger partial charge in [0, 0.05) is 6.04 Å². The molecule has 0 aromatic carbocycles. The number of rotatable bonds is 0. The Morgan fingerprint density at radius 3 is 1.78 bits per heavy atom. The molecule has 1 aliphatic rings. The van der Waals surface area contributed by atoms with Gasteiger partial charge in [-0.25, -0.2) is 5.32 Å². The zero-order chi connectivity index (χ0) is 7.02. The van der Waals surface area contributed by atoms with E-state index in [4.69, 9.17) is 5.73 Å². The number of nitrogens with zero attached hydrogens (tertiary/aromatic N) is 1. The van der Waals surface area contributed by atoms with Gasteiger partial charge in [0.05, 0.1) is 6.17 Å². The van der Waals surface area contributed by atoms with Gasteiger partial charge in [-0.15, -0.1) is 0 Å². The van der Waals surface area contributed by atoms with E-state index in [1.807, 2.05) is 0 Å². The monoisotopic (exact) mass is 127 g/mol. The van der Waals surface area contributed by atoms with Crippen LogP contribution in [0.1, 0.15) is 20.8 Å². The molecule has 1 fully saturated rings. The van der Waals surface area contributed by atoms with Crippen molar-refractivity contribution in [1.82, 2.24) is 5.32 Å². The summed E-state index contributed by atoms with van der Waals surface area (Å²) in [6, 6.07) is 0.468. The van der Waals surface area contributed by atoms with Crippen LogP contribution in [0, 0.1) is 11.8 Å². The first kappa shape index (κ1) is 7.03. The van der Waals surface area contributed by atoms with E-state index in [1.54, 1.807) is 0 Å². The molecule has 4 unspecified atom stereocenters. The summed E-state index contributed by atoms with van der Waals surface area (Å²) in [5.74, 6) is 1.24. The minimum absolute atomic E-state index is 0.0926. The van der Waals surface area contributed by atoms with Crippen LogP contribution < -0.4 is 11.1 Å². The summed E-state index contributed by atoms with van der Waals surface area (Å²) in [6.07, 6.45) is 0.0926. The topological polar surface area (TPSA) is 40.1 Å². The molecule has 4 atom stereocenters. The van der Waals surface area contributed by atoms with Crippen LogP contribution in [-0.4, -0.2) is 12.2 Å². The van der Waals surface area contributed by atoms with Gasteiger partial charge in [0.2, 0.25) is 0 Å². The van der Waals surface area contributed by atoms with Crippen molar-refractivity contribution in [1.29, 1.82) is 0 Å². The fraction of sp³-hybridized carbons (Fsp3) is 1.00. The first-order valence-corrected chi connectivity index (χ1v) is 3.58. The van der Waals surface area contributed by atoms with Crippen LogP contribution in [0.4, 0.5) is 0 Å². The third-order valence-corrected chi connectivity index (χ3v) is 2.54. The second-order valence-corrected chi connectivity index (χ2v) is 3.10. The van der Waals surface area contributed by atoms with Crippen LogP contribution in [0.3, 0.4) is 0 Å². The van der Waals surface area contributed by atoms with Crippen molar-refractivity contribution >= 4 is 0 Å². The molecule has 0 aliphatic carbocycles. The summed E-state index contributed by atoms with van der Waals surface area (Å²) >= 11 is 0. The van der Waals surface area contributed by atoms with Gasteiger partial charge in [-0.3, -0.25) is 0 Å². The quantitative estimate of drug-likeness (QED) is 0.507. The fourth-order valence-corrected chi connectivity index (χ4v) is 1.29. The molecule has 0 amide bonds. The van der Waals surface area contributed by atoms with Crippen molar-refractivity contribution in [3.63, 3.8) is 0 Å². The largest absolute Gasteiger partial charge is 0.314 e. The Morgan fingerprint density at radius 2 is 1.67 bits per heavy atom. The van der Waals surface area contributed by atoms with Crippen molar-refractivity contribution in [3.05, 3.63) is 0 Å². The summed E-state index contributed by atoms with van der Waals surface area (Å²) in [5.41, 5.74) is 5.69. The summed E-state index contributed by atoms with van der Waals surface area (Å²) in [5, 5.41) is 4.33. The lowest BCUT2D eigenvalue weighted by Crippen LogP contribution is -2.31. The second kappa shape index (κ2) is 2.27. The molecule has 53 valence electrons. The summed E-state index contributed by atoms with van der Waals surface area (Å²) in [4.78, 5) is 0. The van der Waals surface area contributed by atoms with Crippen LogP contribution in [0.5, 0.6) is 0 Å². The predicted molar refractivity (Wildman–Crippen MR) is 37.9 cm³/mol. The van der Waals surface area contributed by atoms with E-state index in [0.29, 0.717) is 17.9 Å². The zero-order valence-corrected chi connectivity index (χ0v) is 6.33. The first-order chi connectivity index (χ1) is 4.13. The van der Waals surface area contributed by atoms with E-state index in [0.717, 1.165) is 0 Å². The van der Waals surface area contributed by atoms with Crippen molar-refractivity contribution in [3.8, 4) is 0 Å². The Morgan fingerprint density at radius 1 is 1.11 bits per heavy atom. The van der Waals surface area contributed by atoms with Crippen LogP contribution in [0.15, 0.2) is 0 Å². The molecule has 0 aromatic heterocycles. The standard InChI is InChI=1S/C7H15N2/c1-4-5(2)7(8)9-6(4)3/h4-7H,8H2,1-3H3. The van der Waals surface area contributed by atoms with E-state index in [1.165, 1.54) is 0 Å². The molecule has 1 radical (unpaired) electrons. The molecule has 1 saturated heterocycles. The van der Waals surface area contributed by atoms with E-state index < -0.39 is 0 Å². The fourth-order valence-electron chi connectivity index (χ4n) is 1.29. The predicted octanol–water partition coefficient (Wildman–Crippen LogP) is 0.550. The second-order valence-electron chi connectivity index (χ2n) is 3.10. The van der Waals surface area contributed by atoms with Crippen LogP contribution in [0.25, 0.3) is 0 Å². The minimum atomic E-state index is 0.0926. The third kappa shape index (κ3) is 1.10. The molecule has 2 N–H and O–H groups in total. The van der Waals surface area contributed by atoms with Crippen LogP contribution in [0.2, 0.25) is 0 Å². The van der Waals surface area contributed by atoms with Gasteiger partial charge in [0.25, 0.3) is 0 Å². The summed E-state index contributed by atoms with van der Waals surface area (Å²) in [6.45, 7) is 6.52. The molecule has 0 saturated carbocycles. The first-order valence-electron chi connectivity index (χ1n) is 3.58. The molecule has 1 rings (SSSR count). The van der Waals surface area contributed by atoms with Crippen molar-refractivity contribution < 1.29 is 0 Å². The van der Waals surface area contributed by atoms with Crippen molar-refractivity contribution in [2.75, 3.05) is 0 Å². The summed E-state index contributed by atoms with van der Waals surface area (Å²) in [7, 11) is 0. The number of nitrogens with two attached hydrogens (primary N) is 1. The Kier molecular flexibility index (Phi) is 1.78. The average molecular weight is 127 g/mol. The molecule has 1 heterocycles. The summed E-state index contributed by atoms with van der Waals surface area (Å²) < 4.78 is 0. The van der Waals surface area contributed by atoms with Crippen LogP contribution in [-0.2, 0) is 0 Å². The van der Waals surface area contributed by atoms with Gasteiger partial charge in [-0.05, 0) is 18.8 Å². The van der Waals surface area contributed by atoms with E-state index in [-0.39, 0.29) is 6.17 Å². The molecule has 2 nitrogen and oxygen atoms in total. The van der Waals surface area contributed by atoms with E-state index >= 15 is 0 Å². The molecule has 2 heteroatoms. The van der Waals surface area contributed by atoms with Gasteiger partial charge in [0.1, 0.15) is 0 Å². The average Bonchev–Trinajstić information content (AvgIpc) is 1.98. The zero-order valence-electron chi connectivity index (χ0n) is 6.33. The van der Waals surface area contributed by atoms with Gasteiger partial charge in [-0.2, -0.15) is 0 Å². The Labute approximate surface area is 56.8 Å². The molecular weight excluding hydrogens is 112 g/mol. The Hall–Kier alpha value is -0.0800. The van der Waals surface area contributed by atoms with Gasteiger partial charge in [0.15, 0.2) is 0 Å². The highest BCUT2D eigenvalue weighted by Gasteiger charge is 2.33. The highest BCUT2D eigenvalue weighted by molar-refractivity contribution is 4.87. The lowest BCUT2D eigenvalue weighted by atomic mass is 9.94. The lowest BCUT2D eigenvalue weighted by Gasteiger charge is -2.11. The van der Waals surface area contributed by atoms with Gasteiger partial charge in [-0.1, -0.05) is 13.8 Å².